The molecular formula is C29H31ClN2O3. The minimum atomic E-state index is 0.354. The molecule has 0 spiro atoms. The van der Waals surface area contributed by atoms with Gasteiger partial charge in [0, 0.05) is 11.6 Å². The van der Waals surface area contributed by atoms with Crippen LogP contribution in [-0.4, -0.2) is 23.3 Å². The molecular weight excluding hydrogens is 460 g/mol. The van der Waals surface area contributed by atoms with Gasteiger partial charge in [-0.25, -0.2) is 4.98 Å². The van der Waals surface area contributed by atoms with E-state index in [2.05, 4.69) is 17.2 Å². The Hall–Kier alpha value is -3.44. The van der Waals surface area contributed by atoms with E-state index in [1.54, 1.807) is 7.11 Å². The third-order valence-corrected chi connectivity index (χ3v) is 6.30. The molecule has 4 rings (SSSR count). The summed E-state index contributed by atoms with van der Waals surface area (Å²) in [6.07, 6.45) is 4.54. The van der Waals surface area contributed by atoms with Gasteiger partial charge in [-0.2, -0.15) is 0 Å². The molecule has 4 aromatic rings. The molecule has 0 aliphatic heterocycles. The summed E-state index contributed by atoms with van der Waals surface area (Å²) in [5, 5.41) is 0.754. The molecule has 0 unspecified atom stereocenters. The van der Waals surface area contributed by atoms with Crippen LogP contribution >= 0.6 is 11.6 Å². The molecule has 0 aliphatic carbocycles. The van der Waals surface area contributed by atoms with Crippen molar-refractivity contribution in [2.24, 2.45) is 0 Å². The van der Waals surface area contributed by atoms with Crippen LogP contribution in [0.4, 0.5) is 0 Å². The highest BCUT2D eigenvalue weighted by Crippen LogP contribution is 2.29. The Morgan fingerprint density at radius 1 is 1.00 bits per heavy atom. The number of allylic oxidation sites excluding steroid dienone is 1. The number of aromatic nitrogens is 2. The van der Waals surface area contributed by atoms with Gasteiger partial charge in [-0.3, -0.25) is 0 Å². The van der Waals surface area contributed by atoms with E-state index < -0.39 is 0 Å². The minimum absolute atomic E-state index is 0.354. The molecule has 0 amide bonds. The van der Waals surface area contributed by atoms with E-state index in [9.17, 15) is 0 Å². The largest absolute Gasteiger partial charge is 0.494 e. The van der Waals surface area contributed by atoms with E-state index in [0.29, 0.717) is 24.7 Å². The molecule has 0 radical (unpaired) electrons. The maximum Gasteiger partial charge on any atom is 0.161 e. The van der Waals surface area contributed by atoms with Gasteiger partial charge >= 0.3 is 0 Å². The average Bonchev–Trinajstić information content (AvgIpc) is 3.22. The van der Waals surface area contributed by atoms with Gasteiger partial charge in [0.2, 0.25) is 0 Å². The summed E-state index contributed by atoms with van der Waals surface area (Å²) in [7, 11) is 1.66. The van der Waals surface area contributed by atoms with Crippen molar-refractivity contribution in [3.05, 3.63) is 95.3 Å². The molecule has 0 aliphatic rings. The van der Waals surface area contributed by atoms with E-state index in [0.717, 1.165) is 64.6 Å². The highest BCUT2D eigenvalue weighted by atomic mass is 35.5. The number of imidazole rings is 1. The topological polar surface area (TPSA) is 45.5 Å². The van der Waals surface area contributed by atoms with Crippen LogP contribution in [0.3, 0.4) is 0 Å². The third kappa shape index (κ3) is 6.17. The molecule has 0 saturated carbocycles. The Morgan fingerprint density at radius 2 is 1.86 bits per heavy atom. The number of ether oxygens (including phenoxy) is 3. The van der Waals surface area contributed by atoms with Crippen molar-refractivity contribution in [2.75, 3.05) is 13.7 Å². The fraction of sp³-hybridized carbons (Fsp3) is 0.276. The lowest BCUT2D eigenvalue weighted by Crippen LogP contribution is -2.09. The van der Waals surface area contributed by atoms with Crippen LogP contribution < -0.4 is 14.2 Å². The lowest BCUT2D eigenvalue weighted by molar-refractivity contribution is 0.269. The molecule has 6 heteroatoms. The van der Waals surface area contributed by atoms with Crippen LogP contribution in [0.1, 0.15) is 29.8 Å². The number of benzene rings is 3. The Bertz CT molecular complexity index is 1300. The summed E-state index contributed by atoms with van der Waals surface area (Å²) in [6, 6.07) is 19.9. The fourth-order valence-corrected chi connectivity index (χ4v) is 4.14. The van der Waals surface area contributed by atoms with Crippen molar-refractivity contribution in [3.63, 3.8) is 0 Å². The first-order valence-corrected chi connectivity index (χ1v) is 12.2. The van der Waals surface area contributed by atoms with E-state index >= 15 is 0 Å². The maximum atomic E-state index is 6.15. The highest BCUT2D eigenvalue weighted by Gasteiger charge is 2.13. The first-order chi connectivity index (χ1) is 17.1. The van der Waals surface area contributed by atoms with Crippen LogP contribution in [0.15, 0.2) is 73.3 Å². The van der Waals surface area contributed by atoms with Crippen LogP contribution in [0, 0.1) is 6.92 Å². The molecule has 3 aromatic carbocycles. The molecule has 1 heterocycles. The lowest BCUT2D eigenvalue weighted by atomic mass is 10.1. The van der Waals surface area contributed by atoms with E-state index in [1.165, 1.54) is 0 Å². The number of hydrogen-bond acceptors (Lipinski definition) is 4. The SMILES string of the molecule is C=CCc1ccc(OCc2nc3ccccc3n2CCCCOc2ccc(Cl)c(C)c2)c(OC)c1. The highest BCUT2D eigenvalue weighted by molar-refractivity contribution is 6.31. The summed E-state index contributed by atoms with van der Waals surface area (Å²) >= 11 is 6.10. The summed E-state index contributed by atoms with van der Waals surface area (Å²) in [4.78, 5) is 4.83. The maximum absolute atomic E-state index is 6.15. The number of unbranched alkanes of at least 4 members (excludes halogenated alkanes) is 1. The van der Waals surface area contributed by atoms with Crippen molar-refractivity contribution in [2.45, 2.75) is 39.3 Å². The Kier molecular flexibility index (Phi) is 8.32. The van der Waals surface area contributed by atoms with Gasteiger partial charge in [-0.15, -0.1) is 6.58 Å². The van der Waals surface area contributed by atoms with Crippen molar-refractivity contribution in [3.8, 4) is 17.2 Å². The predicted molar refractivity (Wildman–Crippen MR) is 142 cm³/mol. The molecule has 5 nitrogen and oxygen atoms in total. The van der Waals surface area contributed by atoms with Gasteiger partial charge in [0.15, 0.2) is 11.5 Å². The lowest BCUT2D eigenvalue weighted by Gasteiger charge is -2.13. The van der Waals surface area contributed by atoms with Gasteiger partial charge in [-0.05, 0) is 79.8 Å². The Balaban J connectivity index is 1.40. The number of fused-ring (bicyclic) bond motifs is 1. The number of hydrogen-bond donors (Lipinski definition) is 0. The molecule has 0 saturated heterocycles. The van der Waals surface area contributed by atoms with Gasteiger partial charge < -0.3 is 18.8 Å². The standard InChI is InChI=1S/C29H31ClN2O3/c1-4-9-22-12-15-27(28(19-22)33-3)35-20-29-31-25-10-5-6-11-26(25)32(29)16-7-8-17-34-23-13-14-24(30)21(2)18-23/h4-6,10-15,18-19H,1,7-9,16-17,20H2,2-3H3. The first-order valence-electron chi connectivity index (χ1n) is 11.8. The van der Waals surface area contributed by atoms with E-state index in [4.69, 9.17) is 30.8 Å². The average molecular weight is 491 g/mol. The number of methoxy groups -OCH3 is 1. The summed E-state index contributed by atoms with van der Waals surface area (Å²) in [5.41, 5.74) is 4.22. The fourth-order valence-electron chi connectivity index (χ4n) is 4.02. The quantitative estimate of drug-likeness (QED) is 0.156. The number of aryl methyl sites for hydroxylation is 2. The second kappa shape index (κ2) is 11.8. The van der Waals surface area contributed by atoms with Crippen molar-refractivity contribution in [1.29, 1.82) is 0 Å². The number of halogens is 1. The molecule has 0 N–H and O–H groups in total. The normalized spacial score (nSPS) is 10.9. The zero-order chi connectivity index (χ0) is 24.6. The van der Waals surface area contributed by atoms with Crippen LogP contribution in [0.25, 0.3) is 11.0 Å². The van der Waals surface area contributed by atoms with Gasteiger partial charge in [0.05, 0.1) is 24.8 Å². The van der Waals surface area contributed by atoms with Crippen molar-refractivity contribution in [1.82, 2.24) is 9.55 Å². The van der Waals surface area contributed by atoms with Crippen LogP contribution in [-0.2, 0) is 19.6 Å². The zero-order valence-corrected chi connectivity index (χ0v) is 21.1. The van der Waals surface area contributed by atoms with Crippen LogP contribution in [0.2, 0.25) is 5.02 Å². The number of nitrogens with zero attached hydrogens (tertiary/aromatic N) is 2. The second-order valence-corrected chi connectivity index (χ2v) is 8.81. The smallest absolute Gasteiger partial charge is 0.161 e. The van der Waals surface area contributed by atoms with Gasteiger partial charge in [0.1, 0.15) is 18.2 Å². The van der Waals surface area contributed by atoms with Gasteiger partial charge in [-0.1, -0.05) is 35.9 Å². The Morgan fingerprint density at radius 3 is 2.66 bits per heavy atom. The summed E-state index contributed by atoms with van der Waals surface area (Å²) in [5.74, 6) is 3.15. The first kappa shape index (κ1) is 24.7. The van der Waals surface area contributed by atoms with Crippen molar-refractivity contribution >= 4 is 22.6 Å². The molecule has 0 fully saturated rings. The van der Waals surface area contributed by atoms with Gasteiger partial charge in [0.25, 0.3) is 0 Å². The molecule has 182 valence electrons. The molecule has 0 atom stereocenters. The molecule has 1 aromatic heterocycles. The summed E-state index contributed by atoms with van der Waals surface area (Å²) in [6.45, 7) is 7.61. The number of rotatable bonds is 12. The Labute approximate surface area is 211 Å². The van der Waals surface area contributed by atoms with Crippen molar-refractivity contribution < 1.29 is 14.2 Å². The van der Waals surface area contributed by atoms with Crippen LogP contribution in [0.5, 0.6) is 17.2 Å². The second-order valence-electron chi connectivity index (χ2n) is 8.40. The third-order valence-electron chi connectivity index (χ3n) is 5.87. The van der Waals surface area contributed by atoms with E-state index in [1.807, 2.05) is 67.6 Å². The number of para-hydroxylation sites is 2. The molecule has 0 bridgehead atoms. The van der Waals surface area contributed by atoms with E-state index in [-0.39, 0.29) is 0 Å². The predicted octanol–water partition coefficient (Wildman–Crippen LogP) is 7.17. The zero-order valence-electron chi connectivity index (χ0n) is 20.3. The minimum Gasteiger partial charge on any atom is -0.494 e. The molecule has 35 heavy (non-hydrogen) atoms. The monoisotopic (exact) mass is 490 g/mol. The summed E-state index contributed by atoms with van der Waals surface area (Å²) < 4.78 is 19.8.